The van der Waals surface area contributed by atoms with Crippen molar-refractivity contribution in [2.45, 2.75) is 335 Å². The fourth-order valence-electron chi connectivity index (χ4n) is 9.74. The first-order valence-corrected chi connectivity index (χ1v) is 35.0. The quantitative estimate of drug-likeness (QED) is 0.0261. The Kier molecular flexibility index (Phi) is 66.7. The van der Waals surface area contributed by atoms with Gasteiger partial charge in [0.05, 0.1) is 0 Å². The van der Waals surface area contributed by atoms with Gasteiger partial charge in [0.2, 0.25) is 0 Å². The molecule has 0 aromatic heterocycles. The van der Waals surface area contributed by atoms with Gasteiger partial charge in [-0.15, -0.1) is 0 Å². The number of ether oxygens (including phenoxy) is 3. The van der Waals surface area contributed by atoms with Crippen LogP contribution in [0.2, 0.25) is 0 Å². The zero-order chi connectivity index (χ0) is 59.9. The lowest BCUT2D eigenvalue weighted by Crippen LogP contribution is -2.30. The maximum absolute atomic E-state index is 12.9. The second-order valence-electron chi connectivity index (χ2n) is 23.0. The third-order valence-corrected chi connectivity index (χ3v) is 14.9. The second-order valence-corrected chi connectivity index (χ2v) is 23.0. The van der Waals surface area contributed by atoms with E-state index in [1.54, 1.807) is 0 Å². The van der Waals surface area contributed by atoms with Crippen molar-refractivity contribution in [1.82, 2.24) is 0 Å². The maximum atomic E-state index is 12.9. The van der Waals surface area contributed by atoms with Crippen LogP contribution < -0.4 is 0 Å². The first kappa shape index (κ1) is 78.8. The average molecular weight is 1150 g/mol. The van der Waals surface area contributed by atoms with Crippen LogP contribution in [-0.4, -0.2) is 37.2 Å². The molecule has 0 aliphatic heterocycles. The standard InChI is InChI=1S/C77H130O6/c1-4-7-10-13-16-19-22-24-26-28-30-32-34-35-36-37-38-39-40-41-43-44-46-48-50-52-55-58-61-64-67-70-76(79)82-73-74(72-81-75(78)69-66-63-60-57-54-21-18-15-12-9-6-3)83-77(80)71-68-65-62-59-56-53-51-49-47-45-42-33-31-29-27-25-23-20-17-14-11-8-5-2/h7-8,10-11,15-20,24-27,30-33,45,47,74H,4-6,9,12-14,21-23,28-29,34-44,46,48-73H2,1-3H3/b10-7-,11-8-,18-15-,19-16-,20-17-,26-24-,27-25-,32-30-,33-31-,47-45-. The Morgan fingerprint density at radius 2 is 0.470 bits per heavy atom. The summed E-state index contributed by atoms with van der Waals surface area (Å²) in [6, 6.07) is 0. The lowest BCUT2D eigenvalue weighted by molar-refractivity contribution is -0.167. The molecule has 0 heterocycles. The normalized spacial score (nSPS) is 12.9. The highest BCUT2D eigenvalue weighted by molar-refractivity contribution is 5.71. The van der Waals surface area contributed by atoms with Crippen molar-refractivity contribution in [2.24, 2.45) is 0 Å². The summed E-state index contributed by atoms with van der Waals surface area (Å²) < 4.78 is 16.9. The van der Waals surface area contributed by atoms with E-state index in [4.69, 9.17) is 14.2 Å². The van der Waals surface area contributed by atoms with Crippen LogP contribution in [0.15, 0.2) is 122 Å². The summed E-state index contributed by atoms with van der Waals surface area (Å²) in [5.74, 6) is -0.895. The molecule has 0 bridgehead atoms. The van der Waals surface area contributed by atoms with Gasteiger partial charge in [-0.1, -0.05) is 309 Å². The van der Waals surface area contributed by atoms with Crippen molar-refractivity contribution in [2.75, 3.05) is 13.2 Å². The van der Waals surface area contributed by atoms with E-state index in [1.165, 1.54) is 161 Å². The van der Waals surface area contributed by atoms with Gasteiger partial charge in [0.25, 0.3) is 0 Å². The number of hydrogen-bond acceptors (Lipinski definition) is 6. The largest absolute Gasteiger partial charge is 0.462 e. The monoisotopic (exact) mass is 1150 g/mol. The Balaban J connectivity index is 4.21. The van der Waals surface area contributed by atoms with Crippen molar-refractivity contribution in [3.05, 3.63) is 122 Å². The van der Waals surface area contributed by atoms with Gasteiger partial charge in [-0.3, -0.25) is 14.4 Å². The molecule has 83 heavy (non-hydrogen) atoms. The number of rotatable bonds is 63. The summed E-state index contributed by atoms with van der Waals surface area (Å²) in [7, 11) is 0. The highest BCUT2D eigenvalue weighted by atomic mass is 16.6. The predicted octanol–water partition coefficient (Wildman–Crippen LogP) is 24.3. The molecule has 0 radical (unpaired) electrons. The smallest absolute Gasteiger partial charge is 0.306 e. The zero-order valence-electron chi connectivity index (χ0n) is 54.4. The molecule has 474 valence electrons. The van der Waals surface area contributed by atoms with Crippen LogP contribution in [0.1, 0.15) is 329 Å². The minimum atomic E-state index is -0.790. The highest BCUT2D eigenvalue weighted by Crippen LogP contribution is 2.17. The first-order valence-electron chi connectivity index (χ1n) is 35.0. The summed E-state index contributed by atoms with van der Waals surface area (Å²) in [6.45, 7) is 6.39. The number of hydrogen-bond donors (Lipinski definition) is 0. The van der Waals surface area contributed by atoms with Crippen LogP contribution >= 0.6 is 0 Å². The fourth-order valence-corrected chi connectivity index (χ4v) is 9.74. The number of carbonyl (C=O) groups is 3. The molecule has 0 aliphatic rings. The number of esters is 3. The summed E-state index contributed by atoms with van der Waals surface area (Å²) in [6.07, 6.45) is 98.0. The predicted molar refractivity (Wildman–Crippen MR) is 362 cm³/mol. The van der Waals surface area contributed by atoms with Crippen LogP contribution in [-0.2, 0) is 28.6 Å². The van der Waals surface area contributed by atoms with Gasteiger partial charge >= 0.3 is 17.9 Å². The Labute approximate surface area is 513 Å². The molecule has 6 heteroatoms. The Bertz CT molecular complexity index is 1700. The molecule has 0 rings (SSSR count). The van der Waals surface area contributed by atoms with Gasteiger partial charge in [-0.2, -0.15) is 0 Å². The topological polar surface area (TPSA) is 78.9 Å². The molecule has 0 saturated carbocycles. The fraction of sp³-hybridized carbons (Fsp3) is 0.701. The minimum absolute atomic E-state index is 0.0843. The molecule has 0 N–H and O–H groups in total. The summed E-state index contributed by atoms with van der Waals surface area (Å²) >= 11 is 0. The van der Waals surface area contributed by atoms with E-state index >= 15 is 0 Å². The maximum Gasteiger partial charge on any atom is 0.306 e. The molecule has 0 spiro atoms. The number of carbonyl (C=O) groups excluding carboxylic acids is 3. The van der Waals surface area contributed by atoms with Crippen LogP contribution in [0, 0.1) is 0 Å². The number of unbranched alkanes of at least 4 members (excludes halogenated alkanes) is 32. The molecular weight excluding hydrogens is 1020 g/mol. The van der Waals surface area contributed by atoms with Crippen molar-refractivity contribution in [3.63, 3.8) is 0 Å². The number of allylic oxidation sites excluding steroid dienone is 20. The lowest BCUT2D eigenvalue weighted by atomic mass is 10.0. The molecule has 0 saturated heterocycles. The van der Waals surface area contributed by atoms with Gasteiger partial charge in [-0.25, -0.2) is 0 Å². The SMILES string of the molecule is CC/C=C\C/C=C\C/C=C\C/C=C\C/C=C\CCCCCCCCCC(=O)OC(COC(=O)CCCCCCC/C=C\CCCC)COC(=O)CCCCCCCCCCCCCCCCCCCC/C=C\C/C=C\C/C=C\C/C=C\CC. The van der Waals surface area contributed by atoms with Crippen molar-refractivity contribution < 1.29 is 28.6 Å². The van der Waals surface area contributed by atoms with Crippen molar-refractivity contribution >= 4 is 17.9 Å². The van der Waals surface area contributed by atoms with Crippen LogP contribution in [0.3, 0.4) is 0 Å². The van der Waals surface area contributed by atoms with Gasteiger partial charge < -0.3 is 14.2 Å². The van der Waals surface area contributed by atoms with Gasteiger partial charge in [0, 0.05) is 19.3 Å². The van der Waals surface area contributed by atoms with Crippen molar-refractivity contribution in [1.29, 1.82) is 0 Å². The molecular formula is C77H130O6. The van der Waals surface area contributed by atoms with Gasteiger partial charge in [0.1, 0.15) is 13.2 Å². The highest BCUT2D eigenvalue weighted by Gasteiger charge is 2.19. The van der Waals surface area contributed by atoms with Crippen molar-refractivity contribution in [3.8, 4) is 0 Å². The zero-order valence-corrected chi connectivity index (χ0v) is 54.4. The Hall–Kier alpha value is -4.19. The second kappa shape index (κ2) is 70.3. The van der Waals surface area contributed by atoms with Gasteiger partial charge in [-0.05, 0) is 122 Å². The van der Waals surface area contributed by atoms with E-state index in [9.17, 15) is 14.4 Å². The van der Waals surface area contributed by atoms with E-state index in [2.05, 4.69) is 142 Å². The Morgan fingerprint density at radius 1 is 0.253 bits per heavy atom. The van der Waals surface area contributed by atoms with E-state index in [0.717, 1.165) is 128 Å². The van der Waals surface area contributed by atoms with E-state index in [1.807, 2.05) is 0 Å². The molecule has 0 amide bonds. The average Bonchev–Trinajstić information content (AvgIpc) is 3.48. The van der Waals surface area contributed by atoms with Gasteiger partial charge in [0.15, 0.2) is 6.10 Å². The third-order valence-electron chi connectivity index (χ3n) is 14.9. The molecule has 6 nitrogen and oxygen atoms in total. The van der Waals surface area contributed by atoms with E-state index in [0.29, 0.717) is 19.3 Å². The molecule has 0 fully saturated rings. The molecule has 0 aromatic rings. The molecule has 1 atom stereocenters. The molecule has 1 unspecified atom stereocenters. The summed E-state index contributed by atoms with van der Waals surface area (Å²) in [5.41, 5.74) is 0. The third kappa shape index (κ3) is 68.5. The minimum Gasteiger partial charge on any atom is -0.462 e. The van der Waals surface area contributed by atoms with Crippen LogP contribution in [0.4, 0.5) is 0 Å². The summed E-state index contributed by atoms with van der Waals surface area (Å²) in [4.78, 5) is 38.4. The van der Waals surface area contributed by atoms with E-state index in [-0.39, 0.29) is 31.1 Å². The Morgan fingerprint density at radius 3 is 0.747 bits per heavy atom. The molecule has 0 aliphatic carbocycles. The van der Waals surface area contributed by atoms with E-state index < -0.39 is 6.10 Å². The molecule has 0 aromatic carbocycles. The summed E-state index contributed by atoms with van der Waals surface area (Å²) in [5, 5.41) is 0. The van der Waals surface area contributed by atoms with Crippen LogP contribution in [0.5, 0.6) is 0 Å². The lowest BCUT2D eigenvalue weighted by Gasteiger charge is -2.18. The first-order chi connectivity index (χ1) is 41.0. The van der Waals surface area contributed by atoms with Crippen LogP contribution in [0.25, 0.3) is 0 Å².